The van der Waals surface area contributed by atoms with Gasteiger partial charge in [0.25, 0.3) is 0 Å². The number of H-pyrrole nitrogens is 1. The van der Waals surface area contributed by atoms with E-state index in [0.717, 1.165) is 21.3 Å². The number of carbonyl (C=O) groups excluding carboxylic acids is 1. The van der Waals surface area contributed by atoms with Gasteiger partial charge in [-0.3, -0.25) is 4.79 Å². The second-order valence-corrected chi connectivity index (χ2v) is 4.80. The molecule has 90 valence electrons. The Morgan fingerprint density at radius 1 is 1.59 bits per heavy atom. The Balaban J connectivity index is 2.23. The molecule has 0 aliphatic heterocycles. The highest BCUT2D eigenvalue weighted by Crippen LogP contribution is 2.27. The van der Waals surface area contributed by atoms with Crippen LogP contribution in [0, 0.1) is 0 Å². The number of esters is 1. The molecule has 0 saturated carbocycles. The first-order valence-electron chi connectivity index (χ1n) is 5.00. The summed E-state index contributed by atoms with van der Waals surface area (Å²) in [5.41, 5.74) is 1.68. The lowest BCUT2D eigenvalue weighted by Gasteiger charge is -1.95. The van der Waals surface area contributed by atoms with Crippen LogP contribution in [0.15, 0.2) is 16.6 Å². The lowest BCUT2D eigenvalue weighted by atomic mass is 10.3. The van der Waals surface area contributed by atoms with Crippen molar-refractivity contribution in [3.05, 3.63) is 27.5 Å². The van der Waals surface area contributed by atoms with Crippen LogP contribution in [0.1, 0.15) is 12.2 Å². The second-order valence-electron chi connectivity index (χ2n) is 3.54. The minimum atomic E-state index is -0.246. The fourth-order valence-electron chi connectivity index (χ4n) is 1.50. The van der Waals surface area contributed by atoms with Crippen LogP contribution in [0.4, 0.5) is 0 Å². The Bertz CT molecular complexity index is 529. The summed E-state index contributed by atoms with van der Waals surface area (Å²) in [5, 5.41) is 0.626. The molecule has 0 fully saturated rings. The highest BCUT2D eigenvalue weighted by Gasteiger charge is 2.08. The van der Waals surface area contributed by atoms with Crippen molar-refractivity contribution in [2.24, 2.45) is 0 Å². The van der Waals surface area contributed by atoms with Crippen LogP contribution >= 0.6 is 27.5 Å². The average Bonchev–Trinajstić information content (AvgIpc) is 2.68. The summed E-state index contributed by atoms with van der Waals surface area (Å²) in [5.74, 6) is 0.504. The van der Waals surface area contributed by atoms with Crippen LogP contribution < -0.4 is 0 Å². The predicted molar refractivity (Wildman–Crippen MR) is 69.1 cm³/mol. The number of benzene rings is 1. The lowest BCUT2D eigenvalue weighted by molar-refractivity contribution is -0.140. The lowest BCUT2D eigenvalue weighted by Crippen LogP contribution is -2.02. The van der Waals surface area contributed by atoms with Gasteiger partial charge in [0, 0.05) is 10.9 Å². The maximum absolute atomic E-state index is 11.0. The third-order valence-corrected chi connectivity index (χ3v) is 3.56. The maximum atomic E-state index is 11.0. The third kappa shape index (κ3) is 2.79. The molecule has 0 unspecified atom stereocenters. The SMILES string of the molecule is COC(=O)CCc1nc2cc(Br)c(Cl)cc2[nH]1. The molecule has 0 radical (unpaired) electrons. The van der Waals surface area contributed by atoms with Crippen LogP contribution in [0.5, 0.6) is 0 Å². The number of carbonyl (C=O) groups is 1. The van der Waals surface area contributed by atoms with Crippen LogP contribution in [-0.4, -0.2) is 23.0 Å². The number of aromatic nitrogens is 2. The topological polar surface area (TPSA) is 55.0 Å². The number of ether oxygens (including phenoxy) is 1. The predicted octanol–water partition coefficient (Wildman–Crippen LogP) is 3.08. The van der Waals surface area contributed by atoms with Crippen LogP contribution in [0.3, 0.4) is 0 Å². The number of nitrogens with zero attached hydrogens (tertiary/aromatic N) is 1. The van der Waals surface area contributed by atoms with E-state index >= 15 is 0 Å². The fourth-order valence-corrected chi connectivity index (χ4v) is 1.99. The van der Waals surface area contributed by atoms with E-state index in [0.29, 0.717) is 17.9 Å². The number of methoxy groups -OCH3 is 1. The largest absolute Gasteiger partial charge is 0.469 e. The molecule has 17 heavy (non-hydrogen) atoms. The van der Waals surface area contributed by atoms with Crippen molar-refractivity contribution in [2.45, 2.75) is 12.8 Å². The zero-order valence-electron chi connectivity index (χ0n) is 9.09. The average molecular weight is 318 g/mol. The summed E-state index contributed by atoms with van der Waals surface area (Å²) in [6.45, 7) is 0. The molecule has 4 nitrogen and oxygen atoms in total. The third-order valence-electron chi connectivity index (χ3n) is 2.37. The van der Waals surface area contributed by atoms with Gasteiger partial charge in [0.1, 0.15) is 5.82 Å². The Hall–Kier alpha value is -1.07. The van der Waals surface area contributed by atoms with Crippen molar-refractivity contribution >= 4 is 44.5 Å². The van der Waals surface area contributed by atoms with Crippen molar-refractivity contribution in [1.82, 2.24) is 9.97 Å². The quantitative estimate of drug-likeness (QED) is 0.885. The number of halogens is 2. The smallest absolute Gasteiger partial charge is 0.305 e. The number of nitrogens with one attached hydrogen (secondary N) is 1. The highest BCUT2D eigenvalue weighted by molar-refractivity contribution is 9.10. The molecule has 2 aromatic rings. The van der Waals surface area contributed by atoms with Crippen molar-refractivity contribution in [3.8, 4) is 0 Å². The molecule has 1 heterocycles. The summed E-state index contributed by atoms with van der Waals surface area (Å²) >= 11 is 9.32. The molecule has 1 N–H and O–H groups in total. The van der Waals surface area contributed by atoms with Crippen molar-refractivity contribution < 1.29 is 9.53 Å². The molecular weight excluding hydrogens is 307 g/mol. The minimum absolute atomic E-state index is 0.246. The first-order valence-corrected chi connectivity index (χ1v) is 6.17. The van der Waals surface area contributed by atoms with Crippen molar-refractivity contribution in [2.75, 3.05) is 7.11 Å². The first kappa shape index (κ1) is 12.4. The normalized spacial score (nSPS) is 10.8. The Kier molecular flexibility index (Phi) is 3.69. The number of rotatable bonds is 3. The number of hydrogen-bond donors (Lipinski definition) is 1. The molecule has 1 aromatic carbocycles. The summed E-state index contributed by atoms with van der Waals surface area (Å²) in [6.07, 6.45) is 0.835. The van der Waals surface area contributed by atoms with Gasteiger partial charge in [-0.15, -0.1) is 0 Å². The standard InChI is InChI=1S/C11H10BrClN2O2/c1-17-11(16)3-2-10-14-8-4-6(12)7(13)5-9(8)15-10/h4-5H,2-3H2,1H3,(H,14,15). The van der Waals surface area contributed by atoms with Crippen LogP contribution in [0.25, 0.3) is 11.0 Å². The minimum Gasteiger partial charge on any atom is -0.469 e. The Morgan fingerprint density at radius 2 is 2.35 bits per heavy atom. The Labute approximate surface area is 111 Å². The van der Waals surface area contributed by atoms with E-state index < -0.39 is 0 Å². The molecular formula is C11H10BrClN2O2. The number of hydrogen-bond acceptors (Lipinski definition) is 3. The highest BCUT2D eigenvalue weighted by atomic mass is 79.9. The van der Waals surface area contributed by atoms with Gasteiger partial charge in [-0.1, -0.05) is 11.6 Å². The van der Waals surface area contributed by atoms with Gasteiger partial charge in [0.15, 0.2) is 0 Å². The second kappa shape index (κ2) is 5.06. The van der Waals surface area contributed by atoms with Gasteiger partial charge in [-0.2, -0.15) is 0 Å². The molecule has 0 aliphatic carbocycles. The molecule has 2 rings (SSSR count). The van der Waals surface area contributed by atoms with Gasteiger partial charge in [-0.05, 0) is 28.1 Å². The number of aryl methyl sites for hydroxylation is 1. The van der Waals surface area contributed by atoms with Crippen molar-refractivity contribution in [3.63, 3.8) is 0 Å². The number of fused-ring (bicyclic) bond motifs is 1. The van der Waals surface area contributed by atoms with E-state index in [2.05, 4.69) is 30.6 Å². The molecule has 0 bridgehead atoms. The molecule has 0 saturated heterocycles. The van der Waals surface area contributed by atoms with Crippen LogP contribution in [-0.2, 0) is 16.0 Å². The van der Waals surface area contributed by atoms with Gasteiger partial charge in [0.2, 0.25) is 0 Å². The number of aromatic amines is 1. The fraction of sp³-hybridized carbons (Fsp3) is 0.273. The number of imidazole rings is 1. The van der Waals surface area contributed by atoms with Crippen molar-refractivity contribution in [1.29, 1.82) is 0 Å². The molecule has 0 amide bonds. The monoisotopic (exact) mass is 316 g/mol. The van der Waals surface area contributed by atoms with Crippen LogP contribution in [0.2, 0.25) is 5.02 Å². The summed E-state index contributed by atoms with van der Waals surface area (Å²) in [6, 6.07) is 3.64. The Morgan fingerprint density at radius 3 is 3.06 bits per heavy atom. The summed E-state index contributed by atoms with van der Waals surface area (Å²) < 4.78 is 5.38. The van der Waals surface area contributed by atoms with E-state index in [1.165, 1.54) is 7.11 Å². The van der Waals surface area contributed by atoms with Gasteiger partial charge in [0.05, 0.1) is 29.6 Å². The summed E-state index contributed by atoms with van der Waals surface area (Å²) in [7, 11) is 1.37. The molecule has 0 atom stereocenters. The molecule has 0 aliphatic rings. The van der Waals surface area contributed by atoms with E-state index in [9.17, 15) is 4.79 Å². The van der Waals surface area contributed by atoms with E-state index in [-0.39, 0.29) is 5.97 Å². The molecule has 1 aromatic heterocycles. The van der Waals surface area contributed by atoms with Gasteiger partial charge in [-0.25, -0.2) is 4.98 Å². The molecule has 0 spiro atoms. The van der Waals surface area contributed by atoms with E-state index in [4.69, 9.17) is 11.6 Å². The van der Waals surface area contributed by atoms with Gasteiger partial charge >= 0.3 is 5.97 Å². The zero-order chi connectivity index (χ0) is 12.4. The van der Waals surface area contributed by atoms with E-state index in [1.54, 1.807) is 6.07 Å². The zero-order valence-corrected chi connectivity index (χ0v) is 11.4. The first-order chi connectivity index (χ1) is 8.10. The van der Waals surface area contributed by atoms with E-state index in [1.807, 2.05) is 6.07 Å². The van der Waals surface area contributed by atoms with Gasteiger partial charge < -0.3 is 9.72 Å². The summed E-state index contributed by atoms with van der Waals surface area (Å²) in [4.78, 5) is 18.5. The maximum Gasteiger partial charge on any atom is 0.305 e. The molecule has 6 heteroatoms.